The Morgan fingerprint density at radius 3 is 2.52 bits per heavy atom. The molecule has 1 aliphatic heterocycles. The largest absolute Gasteiger partial charge is 0.309 e. The SMILES string of the molecule is CCCCC1=NC2(CCCC2)C(=O)N1Cc1ccc(-c2ccccc2C#[NH+])cc1. The van der Waals surface area contributed by atoms with Gasteiger partial charge in [0.25, 0.3) is 5.91 Å². The molecule has 0 saturated heterocycles. The van der Waals surface area contributed by atoms with Crippen LogP contribution in [0.4, 0.5) is 0 Å². The van der Waals surface area contributed by atoms with Gasteiger partial charge >= 0.3 is 6.07 Å². The second-order valence-electron chi connectivity index (χ2n) is 8.13. The number of amidine groups is 1. The predicted octanol–water partition coefficient (Wildman–Crippen LogP) is 3.72. The molecule has 4 rings (SSSR count). The second-order valence-corrected chi connectivity index (χ2v) is 8.13. The Hall–Kier alpha value is -2.93. The molecule has 0 atom stereocenters. The molecule has 1 fully saturated rings. The Bertz CT molecular complexity index is 962. The van der Waals surface area contributed by atoms with Crippen molar-refractivity contribution in [2.45, 2.75) is 64.0 Å². The number of nitrogens with zero attached hydrogens (tertiary/aromatic N) is 2. The minimum atomic E-state index is -0.470. The van der Waals surface area contributed by atoms with Crippen molar-refractivity contribution in [1.29, 1.82) is 0 Å². The van der Waals surface area contributed by atoms with Crippen molar-refractivity contribution in [2.24, 2.45) is 4.99 Å². The molecule has 1 amide bonds. The van der Waals surface area contributed by atoms with E-state index in [1.807, 2.05) is 29.2 Å². The maximum Gasteiger partial charge on any atom is 0.309 e. The number of amides is 1. The zero-order valence-corrected chi connectivity index (χ0v) is 17.1. The fourth-order valence-electron chi connectivity index (χ4n) is 4.51. The standard InChI is InChI=1S/C25H27N3O/c1-2-3-10-23-27-25(15-6-7-16-25)24(29)28(23)18-19-11-13-20(14-12-19)22-9-5-4-8-21(22)17-26/h4-5,8-9,11-14H,2-3,6-7,10,15-16,18H2,1H3/p+1. The van der Waals surface area contributed by atoms with Gasteiger partial charge in [-0.05, 0) is 36.5 Å². The molecule has 148 valence electrons. The summed E-state index contributed by atoms with van der Waals surface area (Å²) in [7, 11) is 0. The number of hydrogen-bond acceptors (Lipinski definition) is 2. The van der Waals surface area contributed by atoms with Crippen LogP contribution < -0.4 is 5.26 Å². The summed E-state index contributed by atoms with van der Waals surface area (Å²) in [5.41, 5.74) is 3.48. The molecule has 0 unspecified atom stereocenters. The Kier molecular flexibility index (Phi) is 5.49. The fourth-order valence-corrected chi connectivity index (χ4v) is 4.51. The second kappa shape index (κ2) is 8.21. The van der Waals surface area contributed by atoms with Crippen molar-refractivity contribution in [3.8, 4) is 17.2 Å². The first-order chi connectivity index (χ1) is 14.2. The summed E-state index contributed by atoms with van der Waals surface area (Å²) < 4.78 is 0. The lowest BCUT2D eigenvalue weighted by atomic mass is 9.97. The highest BCUT2D eigenvalue weighted by Crippen LogP contribution is 2.40. The third kappa shape index (κ3) is 3.70. The number of carbonyl (C=O) groups excluding carboxylic acids is 1. The van der Waals surface area contributed by atoms with Gasteiger partial charge in [-0.3, -0.25) is 14.7 Å². The van der Waals surface area contributed by atoms with Gasteiger partial charge in [0, 0.05) is 12.0 Å². The average Bonchev–Trinajstić information content (AvgIpc) is 3.33. The van der Waals surface area contributed by atoms with E-state index in [1.165, 1.54) is 0 Å². The molecule has 0 bridgehead atoms. The topological polar surface area (TPSA) is 56.5 Å². The normalized spacial score (nSPS) is 17.6. The number of nitrogens with one attached hydrogen (secondary N) is 1. The number of carbonyl (C=O) groups is 1. The van der Waals surface area contributed by atoms with Gasteiger partial charge in [0.15, 0.2) is 0 Å². The molecular weight excluding hydrogens is 358 g/mol. The highest BCUT2D eigenvalue weighted by Gasteiger charge is 2.49. The maximum absolute atomic E-state index is 13.3. The summed E-state index contributed by atoms with van der Waals surface area (Å²) in [5, 5.41) is 7.50. The van der Waals surface area contributed by atoms with E-state index in [1.54, 1.807) is 0 Å². The quantitative estimate of drug-likeness (QED) is 0.808. The van der Waals surface area contributed by atoms with Crippen LogP contribution in [0.5, 0.6) is 0 Å². The first-order valence-corrected chi connectivity index (χ1v) is 10.7. The van der Waals surface area contributed by atoms with Crippen molar-refractivity contribution in [3.05, 3.63) is 59.7 Å². The number of aliphatic imine (C=N–C) groups is 1. The first-order valence-electron chi connectivity index (χ1n) is 10.7. The average molecular weight is 387 g/mol. The summed E-state index contributed by atoms with van der Waals surface area (Å²) in [4.78, 5) is 20.2. The van der Waals surface area contributed by atoms with E-state index in [-0.39, 0.29) is 5.91 Å². The van der Waals surface area contributed by atoms with Gasteiger partial charge in [-0.15, -0.1) is 0 Å². The Morgan fingerprint density at radius 2 is 1.83 bits per heavy atom. The monoisotopic (exact) mass is 386 g/mol. The van der Waals surface area contributed by atoms with E-state index in [2.05, 4.69) is 37.3 Å². The first kappa shape index (κ1) is 19.4. The Morgan fingerprint density at radius 1 is 1.10 bits per heavy atom. The van der Waals surface area contributed by atoms with Crippen molar-refractivity contribution < 1.29 is 10.1 Å². The predicted molar refractivity (Wildman–Crippen MR) is 115 cm³/mol. The number of hydrogen-bond donors (Lipinski definition) is 1. The van der Waals surface area contributed by atoms with Gasteiger partial charge in [0.2, 0.25) is 0 Å². The highest BCUT2D eigenvalue weighted by atomic mass is 16.2. The van der Waals surface area contributed by atoms with Gasteiger partial charge in [0.1, 0.15) is 16.9 Å². The lowest BCUT2D eigenvalue weighted by Gasteiger charge is -2.22. The van der Waals surface area contributed by atoms with Gasteiger partial charge in [0.05, 0.1) is 6.54 Å². The number of rotatable bonds is 6. The van der Waals surface area contributed by atoms with E-state index >= 15 is 0 Å². The molecule has 4 nitrogen and oxygen atoms in total. The Labute approximate surface area is 172 Å². The van der Waals surface area contributed by atoms with Crippen molar-refractivity contribution >= 4 is 11.7 Å². The third-order valence-electron chi connectivity index (χ3n) is 6.15. The van der Waals surface area contributed by atoms with Gasteiger partial charge in [-0.2, -0.15) is 0 Å². The maximum atomic E-state index is 13.3. The Balaban J connectivity index is 1.56. The minimum absolute atomic E-state index is 0.203. The van der Waals surface area contributed by atoms with Crippen LogP contribution in [-0.4, -0.2) is 22.2 Å². The number of benzene rings is 2. The molecule has 29 heavy (non-hydrogen) atoms. The molecule has 1 saturated carbocycles. The van der Waals surface area contributed by atoms with Crippen LogP contribution in [0.25, 0.3) is 11.1 Å². The van der Waals surface area contributed by atoms with E-state index < -0.39 is 5.54 Å². The van der Waals surface area contributed by atoms with Gasteiger partial charge in [-0.1, -0.05) is 73.9 Å². The molecule has 0 radical (unpaired) electrons. The van der Waals surface area contributed by atoms with E-state index in [0.29, 0.717) is 6.54 Å². The zero-order chi connectivity index (χ0) is 20.3. The molecule has 1 heterocycles. The zero-order valence-electron chi connectivity index (χ0n) is 17.1. The summed E-state index contributed by atoms with van der Waals surface area (Å²) in [6, 6.07) is 18.6. The molecular formula is C25H28N3O+. The smallest absolute Gasteiger partial charge is 0.294 e. The molecule has 0 aromatic heterocycles. The van der Waals surface area contributed by atoms with Crippen molar-refractivity contribution in [2.75, 3.05) is 0 Å². The van der Waals surface area contributed by atoms with Crippen LogP contribution in [0.15, 0.2) is 53.5 Å². The molecule has 2 aromatic rings. The summed E-state index contributed by atoms with van der Waals surface area (Å²) in [6.45, 7) is 2.76. The van der Waals surface area contributed by atoms with Crippen LogP contribution in [-0.2, 0) is 11.3 Å². The molecule has 1 aliphatic carbocycles. The van der Waals surface area contributed by atoms with Crippen LogP contribution >= 0.6 is 0 Å². The fraction of sp³-hybridized carbons (Fsp3) is 0.400. The van der Waals surface area contributed by atoms with E-state index in [9.17, 15) is 4.79 Å². The summed E-state index contributed by atoms with van der Waals surface area (Å²) in [6.07, 6.45) is 7.04. The number of unbranched alkanes of at least 4 members (excludes halogenated alkanes) is 1. The van der Waals surface area contributed by atoms with E-state index in [0.717, 1.165) is 73.0 Å². The van der Waals surface area contributed by atoms with Crippen molar-refractivity contribution in [3.63, 3.8) is 0 Å². The molecule has 2 aliphatic rings. The summed E-state index contributed by atoms with van der Waals surface area (Å²) in [5.74, 6) is 1.18. The van der Waals surface area contributed by atoms with E-state index in [4.69, 9.17) is 10.3 Å². The molecule has 2 aromatic carbocycles. The van der Waals surface area contributed by atoms with Crippen LogP contribution in [0.3, 0.4) is 0 Å². The van der Waals surface area contributed by atoms with Gasteiger partial charge < -0.3 is 0 Å². The third-order valence-corrected chi connectivity index (χ3v) is 6.15. The lowest BCUT2D eigenvalue weighted by Crippen LogP contribution is -2.40. The van der Waals surface area contributed by atoms with Gasteiger partial charge in [-0.25, -0.2) is 0 Å². The summed E-state index contributed by atoms with van der Waals surface area (Å²) >= 11 is 0. The molecule has 1 N–H and O–H groups in total. The van der Waals surface area contributed by atoms with Crippen molar-refractivity contribution in [1.82, 2.24) is 4.90 Å². The molecule has 4 heteroatoms. The van der Waals surface area contributed by atoms with Crippen LogP contribution in [0, 0.1) is 6.07 Å². The van der Waals surface area contributed by atoms with Crippen LogP contribution in [0.1, 0.15) is 63.0 Å². The van der Waals surface area contributed by atoms with Crippen LogP contribution in [0.2, 0.25) is 0 Å². The molecule has 1 spiro atoms. The lowest BCUT2D eigenvalue weighted by molar-refractivity contribution is -0.131. The highest BCUT2D eigenvalue weighted by molar-refractivity contribution is 6.08. The minimum Gasteiger partial charge on any atom is -0.294 e.